The molecule has 0 fully saturated rings. The summed E-state index contributed by atoms with van der Waals surface area (Å²) in [4.78, 5) is 37.7. The van der Waals surface area contributed by atoms with E-state index in [0.717, 1.165) is 5.56 Å². The van der Waals surface area contributed by atoms with Crippen molar-refractivity contribution in [3.8, 4) is 0 Å². The zero-order valence-corrected chi connectivity index (χ0v) is 13.6. The zero-order chi connectivity index (χ0) is 17.8. The van der Waals surface area contributed by atoms with Crippen molar-refractivity contribution in [2.45, 2.75) is 25.7 Å². The highest BCUT2D eigenvalue weighted by atomic mass is 16.5. The van der Waals surface area contributed by atoms with E-state index >= 15 is 0 Å². The molecular weight excluding hydrogens is 320 g/mol. The van der Waals surface area contributed by atoms with E-state index < -0.39 is 5.91 Å². The summed E-state index contributed by atoms with van der Waals surface area (Å²) in [6, 6.07) is 5.40. The van der Waals surface area contributed by atoms with Crippen LogP contribution in [0.2, 0.25) is 0 Å². The maximum Gasteiger partial charge on any atom is 0.261 e. The molecule has 2 aliphatic rings. The van der Waals surface area contributed by atoms with Crippen molar-refractivity contribution in [2.24, 2.45) is 0 Å². The highest BCUT2D eigenvalue weighted by molar-refractivity contribution is 6.31. The Hall–Kier alpha value is -2.95. The van der Waals surface area contributed by atoms with Gasteiger partial charge in [0.05, 0.1) is 0 Å². The minimum atomic E-state index is -0.436. The summed E-state index contributed by atoms with van der Waals surface area (Å²) < 4.78 is 0. The van der Waals surface area contributed by atoms with Gasteiger partial charge in [-0.3, -0.25) is 24.5 Å². The molecule has 0 saturated carbocycles. The number of hydrogen-bond donors (Lipinski definition) is 2. The van der Waals surface area contributed by atoms with Crippen LogP contribution in [0, 0.1) is 0 Å². The molecule has 1 aliphatic heterocycles. The third kappa shape index (κ3) is 3.31. The summed E-state index contributed by atoms with van der Waals surface area (Å²) in [5.41, 5.74) is 7.09. The minimum Gasteiger partial charge on any atom is -0.289 e. The highest BCUT2D eigenvalue weighted by Crippen LogP contribution is 2.33. The van der Waals surface area contributed by atoms with E-state index in [1.54, 1.807) is 35.8 Å². The lowest BCUT2D eigenvalue weighted by molar-refractivity contribution is -0.129. The summed E-state index contributed by atoms with van der Waals surface area (Å²) in [6.07, 6.45) is 7.22. The molecule has 0 aromatic heterocycles. The number of hydrogen-bond acceptors (Lipinski definition) is 4. The molecule has 1 aromatic rings. The van der Waals surface area contributed by atoms with Crippen LogP contribution in [0.15, 0.2) is 36.1 Å². The SMILES string of the molecule is O=C(CCCCCN1C(=O)C2=CC=C=Cc3cccc(c32)C1=O)NO. The van der Waals surface area contributed by atoms with Gasteiger partial charge in [-0.2, -0.15) is 0 Å². The number of nitrogens with one attached hydrogen (secondary N) is 1. The topological polar surface area (TPSA) is 86.7 Å². The maximum atomic E-state index is 12.8. The van der Waals surface area contributed by atoms with Crippen LogP contribution < -0.4 is 5.48 Å². The lowest BCUT2D eigenvalue weighted by atomic mass is 9.89. The van der Waals surface area contributed by atoms with Crippen molar-refractivity contribution < 1.29 is 19.6 Å². The van der Waals surface area contributed by atoms with Gasteiger partial charge in [0.1, 0.15) is 0 Å². The number of imide groups is 1. The Balaban J connectivity index is 1.74. The number of carbonyl (C=O) groups is 3. The average Bonchev–Trinajstić information content (AvgIpc) is 2.85. The van der Waals surface area contributed by atoms with Gasteiger partial charge in [0.2, 0.25) is 5.91 Å². The minimum absolute atomic E-state index is 0.214. The standard InChI is InChI=1S/C19H18N2O4/c22-16(20-25)11-2-1-5-12-21-18(23)14-9-4-3-7-13-8-6-10-15(17(13)14)19(21)24/h4,6-10,25H,1-2,5,11-12H2,(H,20,22). The fraction of sp³-hybridized carbons (Fsp3) is 0.263. The van der Waals surface area contributed by atoms with Gasteiger partial charge in [-0.05, 0) is 42.7 Å². The molecule has 3 amide bonds. The summed E-state index contributed by atoms with van der Waals surface area (Å²) in [5, 5.41) is 8.45. The summed E-state index contributed by atoms with van der Waals surface area (Å²) in [5.74, 6) is -1.02. The first-order valence-electron chi connectivity index (χ1n) is 8.19. The van der Waals surface area contributed by atoms with Crippen LogP contribution in [-0.2, 0) is 9.59 Å². The number of carbonyl (C=O) groups excluding carboxylic acids is 3. The fourth-order valence-corrected chi connectivity index (χ4v) is 3.07. The Kier molecular flexibility index (Phi) is 4.93. The molecule has 128 valence electrons. The largest absolute Gasteiger partial charge is 0.289 e. The van der Waals surface area contributed by atoms with Crippen LogP contribution >= 0.6 is 0 Å². The monoisotopic (exact) mass is 338 g/mol. The van der Waals surface area contributed by atoms with Gasteiger partial charge in [0, 0.05) is 29.7 Å². The van der Waals surface area contributed by atoms with E-state index in [2.05, 4.69) is 5.73 Å². The molecule has 1 aliphatic carbocycles. The molecule has 1 aromatic carbocycles. The molecule has 25 heavy (non-hydrogen) atoms. The van der Waals surface area contributed by atoms with Crippen LogP contribution in [-0.4, -0.2) is 34.4 Å². The van der Waals surface area contributed by atoms with Crippen LogP contribution in [0.1, 0.15) is 47.2 Å². The van der Waals surface area contributed by atoms with E-state index in [0.29, 0.717) is 42.5 Å². The van der Waals surface area contributed by atoms with E-state index in [1.807, 2.05) is 6.07 Å². The van der Waals surface area contributed by atoms with Crippen molar-refractivity contribution in [1.29, 1.82) is 0 Å². The Bertz CT molecular complexity index is 832. The highest BCUT2D eigenvalue weighted by Gasteiger charge is 2.35. The Morgan fingerprint density at radius 1 is 1.16 bits per heavy atom. The molecule has 0 radical (unpaired) electrons. The molecule has 0 spiro atoms. The lowest BCUT2D eigenvalue weighted by Crippen LogP contribution is -2.42. The van der Waals surface area contributed by atoms with Crippen molar-refractivity contribution in [2.75, 3.05) is 6.54 Å². The van der Waals surface area contributed by atoms with E-state index in [-0.39, 0.29) is 18.2 Å². The number of nitrogens with zero attached hydrogens (tertiary/aromatic N) is 1. The normalized spacial score (nSPS) is 14.9. The number of benzene rings is 1. The van der Waals surface area contributed by atoms with E-state index in [9.17, 15) is 14.4 Å². The van der Waals surface area contributed by atoms with Gasteiger partial charge in [0.15, 0.2) is 0 Å². The predicted octanol–water partition coefficient (Wildman–Crippen LogP) is 2.30. The fourth-order valence-electron chi connectivity index (χ4n) is 3.07. The lowest BCUT2D eigenvalue weighted by Gasteiger charge is -2.29. The molecule has 1 heterocycles. The number of allylic oxidation sites excluding steroid dienone is 2. The summed E-state index contributed by atoms with van der Waals surface area (Å²) >= 11 is 0. The Morgan fingerprint density at radius 3 is 2.80 bits per heavy atom. The zero-order valence-electron chi connectivity index (χ0n) is 13.6. The van der Waals surface area contributed by atoms with Gasteiger partial charge in [-0.25, -0.2) is 5.48 Å². The molecule has 6 heteroatoms. The molecule has 0 unspecified atom stereocenters. The molecule has 0 atom stereocenters. The molecular formula is C19H18N2O4. The van der Waals surface area contributed by atoms with E-state index in [1.165, 1.54) is 4.90 Å². The second-order valence-electron chi connectivity index (χ2n) is 5.94. The molecule has 2 N–H and O–H groups in total. The molecule has 0 saturated heterocycles. The quantitative estimate of drug-likeness (QED) is 0.274. The van der Waals surface area contributed by atoms with Crippen molar-refractivity contribution in [1.82, 2.24) is 10.4 Å². The maximum absolute atomic E-state index is 12.8. The first-order chi connectivity index (χ1) is 12.1. The van der Waals surface area contributed by atoms with Crippen LogP contribution in [0.5, 0.6) is 0 Å². The number of rotatable bonds is 6. The van der Waals surface area contributed by atoms with Crippen molar-refractivity contribution in [3.05, 3.63) is 52.8 Å². The van der Waals surface area contributed by atoms with Gasteiger partial charge >= 0.3 is 0 Å². The average molecular weight is 338 g/mol. The smallest absolute Gasteiger partial charge is 0.261 e. The first-order valence-corrected chi connectivity index (χ1v) is 8.19. The summed E-state index contributed by atoms with van der Waals surface area (Å²) in [7, 11) is 0. The van der Waals surface area contributed by atoms with Crippen LogP contribution in [0.25, 0.3) is 11.6 Å². The van der Waals surface area contributed by atoms with E-state index in [4.69, 9.17) is 5.21 Å². The number of hydroxylamine groups is 1. The van der Waals surface area contributed by atoms with Crippen molar-refractivity contribution >= 4 is 29.4 Å². The third-order valence-electron chi connectivity index (χ3n) is 4.31. The van der Waals surface area contributed by atoms with Crippen LogP contribution in [0.4, 0.5) is 0 Å². The third-order valence-corrected chi connectivity index (χ3v) is 4.31. The second kappa shape index (κ2) is 7.30. The Labute approximate surface area is 145 Å². The van der Waals surface area contributed by atoms with Gasteiger partial charge in [0.25, 0.3) is 11.8 Å². The molecule has 0 bridgehead atoms. The number of amides is 3. The van der Waals surface area contributed by atoms with Gasteiger partial charge < -0.3 is 0 Å². The molecule has 3 rings (SSSR count). The second-order valence-corrected chi connectivity index (χ2v) is 5.94. The predicted molar refractivity (Wildman–Crippen MR) is 91.4 cm³/mol. The van der Waals surface area contributed by atoms with Crippen molar-refractivity contribution in [3.63, 3.8) is 0 Å². The van der Waals surface area contributed by atoms with Gasteiger partial charge in [-0.15, -0.1) is 5.73 Å². The first kappa shape index (κ1) is 16.9. The Morgan fingerprint density at radius 2 is 2.00 bits per heavy atom. The van der Waals surface area contributed by atoms with Gasteiger partial charge in [-0.1, -0.05) is 18.6 Å². The number of unbranched alkanes of at least 4 members (excludes halogenated alkanes) is 2. The van der Waals surface area contributed by atoms with Crippen LogP contribution in [0.3, 0.4) is 0 Å². The molecule has 6 nitrogen and oxygen atoms in total. The summed E-state index contributed by atoms with van der Waals surface area (Å²) in [6.45, 7) is 0.302.